The molecule has 156 valence electrons. The molecule has 1 aliphatic rings. The standard InChI is InChI=1S/C26H29ClN2O/c1-2-5-23(26(30)29-21-14-12-20(27)13-15-21)19-10-8-18(9-11-19)22-16-17-28-25-7-4-3-6-24(22)25/h3-4,6-7,12-19,23H,2,5,8-11H2,1H3,(H,29,30)/t18-,19+,23?. The van der Waals surface area contributed by atoms with Crippen molar-refractivity contribution in [2.24, 2.45) is 11.8 Å². The van der Waals surface area contributed by atoms with E-state index in [2.05, 4.69) is 41.5 Å². The van der Waals surface area contributed by atoms with Crippen molar-refractivity contribution >= 4 is 34.1 Å². The van der Waals surface area contributed by atoms with Crippen molar-refractivity contribution in [2.75, 3.05) is 5.32 Å². The number of carbonyl (C=O) groups is 1. The van der Waals surface area contributed by atoms with E-state index in [1.165, 1.54) is 10.9 Å². The molecule has 3 aromatic rings. The minimum atomic E-state index is 0.0702. The van der Waals surface area contributed by atoms with Gasteiger partial charge in [-0.25, -0.2) is 0 Å². The van der Waals surface area contributed by atoms with E-state index < -0.39 is 0 Å². The Morgan fingerprint density at radius 3 is 2.53 bits per heavy atom. The van der Waals surface area contributed by atoms with Crippen LogP contribution in [0.1, 0.15) is 56.9 Å². The summed E-state index contributed by atoms with van der Waals surface area (Å²) in [6.07, 6.45) is 8.35. The third-order valence-electron chi connectivity index (χ3n) is 6.51. The zero-order chi connectivity index (χ0) is 20.9. The number of pyridine rings is 1. The summed E-state index contributed by atoms with van der Waals surface area (Å²) in [5.41, 5.74) is 3.31. The lowest BCUT2D eigenvalue weighted by Gasteiger charge is -2.34. The number of rotatable bonds is 6. The molecule has 0 bridgehead atoms. The van der Waals surface area contributed by atoms with Crippen molar-refractivity contribution in [1.82, 2.24) is 4.98 Å². The van der Waals surface area contributed by atoms with E-state index in [-0.39, 0.29) is 11.8 Å². The van der Waals surface area contributed by atoms with E-state index in [0.29, 0.717) is 16.9 Å². The quantitative estimate of drug-likeness (QED) is 0.457. The molecule has 0 spiro atoms. The fraction of sp³-hybridized carbons (Fsp3) is 0.385. The van der Waals surface area contributed by atoms with Gasteiger partial charge in [-0.2, -0.15) is 0 Å². The van der Waals surface area contributed by atoms with Gasteiger partial charge in [-0.1, -0.05) is 43.1 Å². The number of nitrogens with zero attached hydrogens (tertiary/aromatic N) is 1. The van der Waals surface area contributed by atoms with Gasteiger partial charge in [0.15, 0.2) is 0 Å². The van der Waals surface area contributed by atoms with Crippen LogP contribution in [0.25, 0.3) is 10.9 Å². The third kappa shape index (κ3) is 4.67. The zero-order valence-corrected chi connectivity index (χ0v) is 18.2. The first kappa shape index (κ1) is 20.9. The van der Waals surface area contributed by atoms with Gasteiger partial charge in [0, 0.05) is 28.2 Å². The van der Waals surface area contributed by atoms with Crippen molar-refractivity contribution in [3.8, 4) is 0 Å². The second-order valence-corrected chi connectivity index (χ2v) is 8.86. The molecule has 3 nitrogen and oxygen atoms in total. The number of amides is 1. The maximum absolute atomic E-state index is 13.1. The summed E-state index contributed by atoms with van der Waals surface area (Å²) >= 11 is 5.97. The minimum Gasteiger partial charge on any atom is -0.326 e. The number of fused-ring (bicyclic) bond motifs is 1. The van der Waals surface area contributed by atoms with E-state index in [0.717, 1.165) is 49.7 Å². The van der Waals surface area contributed by atoms with Gasteiger partial charge in [-0.15, -0.1) is 0 Å². The first-order valence-corrected chi connectivity index (χ1v) is 11.4. The molecule has 0 saturated heterocycles. The Hall–Kier alpha value is -2.39. The number of halogens is 1. The Bertz CT molecular complexity index is 988. The smallest absolute Gasteiger partial charge is 0.227 e. The van der Waals surface area contributed by atoms with Crippen LogP contribution in [-0.2, 0) is 4.79 Å². The van der Waals surface area contributed by atoms with Crippen LogP contribution in [0.5, 0.6) is 0 Å². The molecule has 1 unspecified atom stereocenters. The molecule has 1 fully saturated rings. The summed E-state index contributed by atoms with van der Waals surface area (Å²) in [7, 11) is 0. The predicted molar refractivity (Wildman–Crippen MR) is 125 cm³/mol. The van der Waals surface area contributed by atoms with E-state index in [9.17, 15) is 4.79 Å². The molecule has 1 amide bonds. The molecule has 2 aromatic carbocycles. The monoisotopic (exact) mass is 420 g/mol. The van der Waals surface area contributed by atoms with E-state index in [4.69, 9.17) is 11.6 Å². The highest BCUT2D eigenvalue weighted by Gasteiger charge is 2.32. The lowest BCUT2D eigenvalue weighted by molar-refractivity contribution is -0.122. The molecule has 4 heteroatoms. The van der Waals surface area contributed by atoms with Crippen LogP contribution in [-0.4, -0.2) is 10.9 Å². The molecular weight excluding hydrogens is 392 g/mol. The van der Waals surface area contributed by atoms with Crippen molar-refractivity contribution in [3.63, 3.8) is 0 Å². The van der Waals surface area contributed by atoms with Crippen LogP contribution in [0.4, 0.5) is 5.69 Å². The molecule has 30 heavy (non-hydrogen) atoms. The highest BCUT2D eigenvalue weighted by atomic mass is 35.5. The number of carbonyl (C=O) groups excluding carboxylic acids is 1. The van der Waals surface area contributed by atoms with Crippen LogP contribution in [0.3, 0.4) is 0 Å². The van der Waals surface area contributed by atoms with E-state index in [1.54, 1.807) is 0 Å². The largest absolute Gasteiger partial charge is 0.326 e. The van der Waals surface area contributed by atoms with Crippen molar-refractivity contribution in [2.45, 2.75) is 51.4 Å². The first-order chi connectivity index (χ1) is 14.7. The molecule has 0 radical (unpaired) electrons. The highest BCUT2D eigenvalue weighted by molar-refractivity contribution is 6.30. The SMILES string of the molecule is CCCC(C(=O)Nc1ccc(Cl)cc1)[C@H]1CC[C@@H](c2ccnc3ccccc32)CC1. The third-order valence-corrected chi connectivity index (χ3v) is 6.76. The number of aromatic nitrogens is 1. The van der Waals surface area contributed by atoms with Gasteiger partial charge in [0.1, 0.15) is 0 Å². The lowest BCUT2D eigenvalue weighted by Crippen LogP contribution is -2.31. The molecular formula is C26H29ClN2O. The Morgan fingerprint density at radius 1 is 1.07 bits per heavy atom. The van der Waals surface area contributed by atoms with Gasteiger partial charge in [0.25, 0.3) is 0 Å². The van der Waals surface area contributed by atoms with Gasteiger partial charge >= 0.3 is 0 Å². The van der Waals surface area contributed by atoms with Crippen molar-refractivity contribution < 1.29 is 4.79 Å². The second kappa shape index (κ2) is 9.61. The number of nitrogens with one attached hydrogen (secondary N) is 1. The predicted octanol–water partition coefficient (Wildman–Crippen LogP) is 7.22. The summed E-state index contributed by atoms with van der Waals surface area (Å²) in [6, 6.07) is 18.0. The van der Waals surface area contributed by atoms with Crippen LogP contribution in [0.2, 0.25) is 5.02 Å². The molecule has 1 saturated carbocycles. The van der Waals surface area contributed by atoms with Crippen LogP contribution < -0.4 is 5.32 Å². The molecule has 1 aliphatic carbocycles. The maximum Gasteiger partial charge on any atom is 0.227 e. The highest BCUT2D eigenvalue weighted by Crippen LogP contribution is 2.41. The van der Waals surface area contributed by atoms with Gasteiger partial charge in [0.05, 0.1) is 5.52 Å². The van der Waals surface area contributed by atoms with E-state index >= 15 is 0 Å². The normalized spacial score (nSPS) is 20.1. The summed E-state index contributed by atoms with van der Waals surface area (Å²) < 4.78 is 0. The maximum atomic E-state index is 13.1. The average molecular weight is 421 g/mol. The zero-order valence-electron chi connectivity index (χ0n) is 17.5. The summed E-state index contributed by atoms with van der Waals surface area (Å²) in [5.74, 6) is 1.22. The second-order valence-electron chi connectivity index (χ2n) is 8.42. The molecule has 1 heterocycles. The van der Waals surface area contributed by atoms with Crippen molar-refractivity contribution in [1.29, 1.82) is 0 Å². The van der Waals surface area contributed by atoms with Gasteiger partial charge in [-0.3, -0.25) is 9.78 Å². The average Bonchev–Trinajstić information content (AvgIpc) is 2.79. The van der Waals surface area contributed by atoms with Gasteiger partial charge in [0.2, 0.25) is 5.91 Å². The minimum absolute atomic E-state index is 0.0702. The van der Waals surface area contributed by atoms with Gasteiger partial charge < -0.3 is 5.32 Å². The first-order valence-electron chi connectivity index (χ1n) is 11.1. The number of hydrogen-bond donors (Lipinski definition) is 1. The lowest BCUT2D eigenvalue weighted by atomic mass is 9.72. The number of para-hydroxylation sites is 1. The fourth-order valence-corrected chi connectivity index (χ4v) is 5.09. The Labute approximate surface area is 183 Å². The molecule has 0 aliphatic heterocycles. The van der Waals surface area contributed by atoms with E-state index in [1.807, 2.05) is 36.5 Å². The summed E-state index contributed by atoms with van der Waals surface area (Å²) in [5, 5.41) is 5.07. The molecule has 4 rings (SSSR count). The summed E-state index contributed by atoms with van der Waals surface area (Å²) in [6.45, 7) is 2.16. The fourth-order valence-electron chi connectivity index (χ4n) is 4.97. The number of benzene rings is 2. The molecule has 1 atom stereocenters. The van der Waals surface area contributed by atoms with Crippen LogP contribution >= 0.6 is 11.6 Å². The number of anilines is 1. The Balaban J connectivity index is 1.44. The Morgan fingerprint density at radius 2 is 1.80 bits per heavy atom. The van der Waals surface area contributed by atoms with Crippen LogP contribution in [0, 0.1) is 11.8 Å². The number of hydrogen-bond acceptors (Lipinski definition) is 2. The Kier molecular flexibility index (Phi) is 6.69. The summed E-state index contributed by atoms with van der Waals surface area (Å²) in [4.78, 5) is 17.6. The molecule has 1 aromatic heterocycles. The van der Waals surface area contributed by atoms with Crippen LogP contribution in [0.15, 0.2) is 60.8 Å². The topological polar surface area (TPSA) is 42.0 Å². The molecule has 1 N–H and O–H groups in total. The van der Waals surface area contributed by atoms with Gasteiger partial charge in [-0.05, 0) is 85.9 Å². The van der Waals surface area contributed by atoms with Crippen molar-refractivity contribution in [3.05, 3.63) is 71.4 Å².